The van der Waals surface area contributed by atoms with E-state index in [1.54, 1.807) is 18.2 Å². The first kappa shape index (κ1) is 16.2. The number of nitrogens with one attached hydrogen (secondary N) is 1. The molecule has 0 aliphatic heterocycles. The van der Waals surface area contributed by atoms with Crippen LogP contribution >= 0.6 is 12.2 Å². The Kier molecular flexibility index (Phi) is 4.06. The lowest BCUT2D eigenvalue weighted by atomic mass is 10.0. The number of aromatic hydroxyl groups is 1. The number of fused-ring (bicyclic) bond motifs is 1. The van der Waals surface area contributed by atoms with Crippen molar-refractivity contribution in [2.24, 2.45) is 5.10 Å². The molecule has 128 valence electrons. The second-order valence-electron chi connectivity index (χ2n) is 5.64. The topological polar surface area (TPSA) is 66.2 Å². The molecular formula is C19H13FN4OS. The highest BCUT2D eigenvalue weighted by atomic mass is 32.1. The van der Waals surface area contributed by atoms with Crippen LogP contribution in [0.1, 0.15) is 5.56 Å². The van der Waals surface area contributed by atoms with Crippen molar-refractivity contribution in [3.63, 3.8) is 0 Å². The van der Waals surface area contributed by atoms with Gasteiger partial charge in [-0.25, -0.2) is 9.49 Å². The first-order valence-corrected chi connectivity index (χ1v) is 8.23. The van der Waals surface area contributed by atoms with Crippen LogP contribution in [0.15, 0.2) is 65.8 Å². The van der Waals surface area contributed by atoms with Crippen LogP contribution in [0.2, 0.25) is 0 Å². The predicted octanol–water partition coefficient (Wildman–Crippen LogP) is 4.49. The molecule has 0 amide bonds. The van der Waals surface area contributed by atoms with E-state index in [9.17, 15) is 9.50 Å². The summed E-state index contributed by atoms with van der Waals surface area (Å²) < 4.78 is 15.2. The van der Waals surface area contributed by atoms with Crippen LogP contribution in [-0.4, -0.2) is 26.2 Å². The van der Waals surface area contributed by atoms with Crippen molar-refractivity contribution in [2.45, 2.75) is 0 Å². The Labute approximate surface area is 153 Å². The van der Waals surface area contributed by atoms with Crippen LogP contribution in [0.25, 0.3) is 22.2 Å². The molecule has 5 nitrogen and oxygen atoms in total. The van der Waals surface area contributed by atoms with Gasteiger partial charge in [0.15, 0.2) is 5.82 Å². The number of hydrogen-bond acceptors (Lipinski definition) is 4. The maximum absolute atomic E-state index is 13.5. The highest BCUT2D eigenvalue weighted by Crippen LogP contribution is 2.26. The Morgan fingerprint density at radius 1 is 1.12 bits per heavy atom. The van der Waals surface area contributed by atoms with Crippen molar-refractivity contribution in [3.05, 3.63) is 76.8 Å². The number of aromatic amines is 1. The lowest BCUT2D eigenvalue weighted by Crippen LogP contribution is -1.96. The molecule has 0 bridgehead atoms. The van der Waals surface area contributed by atoms with Crippen molar-refractivity contribution in [3.8, 4) is 17.1 Å². The van der Waals surface area contributed by atoms with Crippen LogP contribution in [0.5, 0.6) is 5.75 Å². The molecule has 0 atom stereocenters. The number of phenols is 1. The van der Waals surface area contributed by atoms with E-state index in [2.05, 4.69) is 15.3 Å². The standard InChI is InChI=1S/C19H13FN4OS/c20-14-6-3-5-13(10-14)18-22-23-19(26)24(18)21-11-16-15-7-2-1-4-12(15)8-9-17(16)25/h1-11,25H,(H,23,26)/b21-11+. The van der Waals surface area contributed by atoms with Gasteiger partial charge in [-0.1, -0.05) is 42.5 Å². The summed E-state index contributed by atoms with van der Waals surface area (Å²) in [4.78, 5) is 0. The van der Waals surface area contributed by atoms with E-state index in [-0.39, 0.29) is 16.3 Å². The third-order valence-corrected chi connectivity index (χ3v) is 4.25. The number of phenolic OH excluding ortho intramolecular Hbond substituents is 1. The van der Waals surface area contributed by atoms with E-state index in [0.717, 1.165) is 10.8 Å². The average molecular weight is 364 g/mol. The van der Waals surface area contributed by atoms with E-state index in [4.69, 9.17) is 12.2 Å². The minimum atomic E-state index is -0.376. The van der Waals surface area contributed by atoms with Crippen LogP contribution < -0.4 is 0 Å². The van der Waals surface area contributed by atoms with Gasteiger partial charge < -0.3 is 5.11 Å². The summed E-state index contributed by atoms with van der Waals surface area (Å²) in [6.45, 7) is 0. The number of halogens is 1. The van der Waals surface area contributed by atoms with Crippen molar-refractivity contribution < 1.29 is 9.50 Å². The largest absolute Gasteiger partial charge is 0.507 e. The third-order valence-electron chi connectivity index (χ3n) is 3.98. The van der Waals surface area contributed by atoms with Crippen molar-refractivity contribution in [2.75, 3.05) is 0 Å². The van der Waals surface area contributed by atoms with Crippen LogP contribution in [0.4, 0.5) is 4.39 Å². The SMILES string of the molecule is Oc1ccc2ccccc2c1/C=N/n1c(-c2cccc(F)c2)n[nH]c1=S. The summed E-state index contributed by atoms with van der Waals surface area (Å²) in [6.07, 6.45) is 1.52. The molecule has 1 aromatic heterocycles. The number of hydrogen-bond donors (Lipinski definition) is 2. The molecule has 4 aromatic rings. The zero-order valence-electron chi connectivity index (χ0n) is 13.4. The number of aromatic nitrogens is 3. The summed E-state index contributed by atoms with van der Waals surface area (Å²) in [7, 11) is 0. The fourth-order valence-electron chi connectivity index (χ4n) is 2.75. The van der Waals surface area contributed by atoms with Gasteiger partial charge in [0.1, 0.15) is 11.6 Å². The van der Waals surface area contributed by atoms with Crippen molar-refractivity contribution in [1.29, 1.82) is 0 Å². The number of benzene rings is 3. The first-order chi connectivity index (χ1) is 12.6. The minimum absolute atomic E-state index is 0.106. The van der Waals surface area contributed by atoms with E-state index in [1.165, 1.54) is 23.0 Å². The number of H-pyrrole nitrogens is 1. The smallest absolute Gasteiger partial charge is 0.216 e. The molecule has 4 rings (SSSR count). The molecule has 0 saturated carbocycles. The van der Waals surface area contributed by atoms with E-state index in [1.807, 2.05) is 30.3 Å². The van der Waals surface area contributed by atoms with E-state index < -0.39 is 0 Å². The Bertz CT molecular complexity index is 1200. The molecule has 7 heteroatoms. The third kappa shape index (κ3) is 2.89. The number of rotatable bonds is 3. The molecule has 0 aliphatic carbocycles. The quantitative estimate of drug-likeness (QED) is 0.416. The van der Waals surface area contributed by atoms with Crippen LogP contribution in [-0.2, 0) is 0 Å². The molecule has 0 spiro atoms. The lowest BCUT2D eigenvalue weighted by Gasteiger charge is -2.05. The fraction of sp³-hybridized carbons (Fsp3) is 0. The predicted molar refractivity (Wildman–Crippen MR) is 101 cm³/mol. The molecular weight excluding hydrogens is 351 g/mol. The molecule has 26 heavy (non-hydrogen) atoms. The summed E-state index contributed by atoms with van der Waals surface area (Å²) in [5.41, 5.74) is 1.10. The molecule has 0 unspecified atom stereocenters. The van der Waals surface area contributed by atoms with Gasteiger partial charge in [-0.15, -0.1) is 0 Å². The Balaban J connectivity index is 1.83. The Morgan fingerprint density at radius 3 is 2.81 bits per heavy atom. The number of nitrogens with zero attached hydrogens (tertiary/aromatic N) is 3. The highest BCUT2D eigenvalue weighted by Gasteiger charge is 2.10. The monoisotopic (exact) mass is 364 g/mol. The van der Waals surface area contributed by atoms with Gasteiger partial charge in [0.2, 0.25) is 4.77 Å². The normalized spacial score (nSPS) is 11.4. The maximum atomic E-state index is 13.5. The summed E-state index contributed by atoms with van der Waals surface area (Å²) >= 11 is 5.22. The molecule has 0 aliphatic rings. The van der Waals surface area contributed by atoms with Gasteiger partial charge in [-0.05, 0) is 41.2 Å². The molecule has 1 heterocycles. The fourth-order valence-corrected chi connectivity index (χ4v) is 2.93. The van der Waals surface area contributed by atoms with Crippen molar-refractivity contribution >= 4 is 29.2 Å². The van der Waals surface area contributed by atoms with Crippen molar-refractivity contribution in [1.82, 2.24) is 14.9 Å². The minimum Gasteiger partial charge on any atom is -0.507 e. The lowest BCUT2D eigenvalue weighted by molar-refractivity contribution is 0.475. The van der Waals surface area contributed by atoms with Crippen LogP contribution in [0.3, 0.4) is 0 Å². The molecule has 3 aromatic carbocycles. The molecule has 0 radical (unpaired) electrons. The van der Waals surface area contributed by atoms with Gasteiger partial charge in [-0.3, -0.25) is 0 Å². The highest BCUT2D eigenvalue weighted by molar-refractivity contribution is 7.71. The Morgan fingerprint density at radius 2 is 1.96 bits per heavy atom. The second kappa shape index (κ2) is 6.53. The van der Waals surface area contributed by atoms with Gasteiger partial charge >= 0.3 is 0 Å². The molecule has 0 saturated heterocycles. The van der Waals surface area contributed by atoms with Gasteiger partial charge in [-0.2, -0.15) is 14.9 Å². The first-order valence-electron chi connectivity index (χ1n) is 7.82. The summed E-state index contributed by atoms with van der Waals surface area (Å²) in [6, 6.07) is 17.1. The summed E-state index contributed by atoms with van der Waals surface area (Å²) in [5, 5.41) is 23.2. The van der Waals surface area contributed by atoms with Gasteiger partial charge in [0, 0.05) is 11.1 Å². The van der Waals surface area contributed by atoms with Gasteiger partial charge in [0.25, 0.3) is 0 Å². The second-order valence-corrected chi connectivity index (χ2v) is 6.03. The zero-order chi connectivity index (χ0) is 18.1. The van der Waals surface area contributed by atoms with Gasteiger partial charge in [0.05, 0.1) is 6.21 Å². The Hall–Kier alpha value is -3.32. The average Bonchev–Trinajstić information content (AvgIpc) is 3.01. The van der Waals surface area contributed by atoms with Crippen LogP contribution in [0, 0.1) is 10.6 Å². The molecule has 0 fully saturated rings. The van der Waals surface area contributed by atoms with E-state index >= 15 is 0 Å². The van der Waals surface area contributed by atoms with E-state index in [0.29, 0.717) is 17.0 Å². The summed E-state index contributed by atoms with van der Waals surface area (Å²) in [5.74, 6) is 0.110. The maximum Gasteiger partial charge on any atom is 0.216 e. The molecule has 2 N–H and O–H groups in total. The zero-order valence-corrected chi connectivity index (χ0v) is 14.2.